The molecule has 0 bridgehead atoms. The van der Waals surface area contributed by atoms with Crippen molar-refractivity contribution in [2.24, 2.45) is 5.41 Å². The fourth-order valence-electron chi connectivity index (χ4n) is 4.75. The zero-order valence-corrected chi connectivity index (χ0v) is 14.2. The Morgan fingerprint density at radius 3 is 2.83 bits per heavy atom. The van der Waals surface area contributed by atoms with Crippen LogP contribution in [0, 0.1) is 5.41 Å². The number of benzene rings is 1. The first-order chi connectivity index (χ1) is 11.6. The first-order valence-electron chi connectivity index (χ1n) is 8.92. The molecule has 1 aliphatic carbocycles. The molecule has 1 aromatic carbocycles. The zero-order chi connectivity index (χ0) is 16.7. The van der Waals surface area contributed by atoms with Gasteiger partial charge < -0.3 is 14.6 Å². The first kappa shape index (κ1) is 15.8. The minimum atomic E-state index is -0.820. The molecular weight excluding hydrogens is 306 g/mol. The number of fused-ring (bicyclic) bond motifs is 3. The van der Waals surface area contributed by atoms with E-state index in [1.54, 1.807) is 7.11 Å². The molecule has 130 valence electrons. The summed E-state index contributed by atoms with van der Waals surface area (Å²) in [6.45, 7) is 1.67. The SMILES string of the molecule is COc1ccc2c(c1)OC[C@@]1(C(=O)O)CN(C3CCCCC3)C[C@@H]21. The molecule has 24 heavy (non-hydrogen) atoms. The van der Waals surface area contributed by atoms with Crippen molar-refractivity contribution in [2.45, 2.75) is 44.1 Å². The molecule has 2 fully saturated rings. The smallest absolute Gasteiger partial charge is 0.315 e. The number of hydrogen-bond acceptors (Lipinski definition) is 4. The summed E-state index contributed by atoms with van der Waals surface area (Å²) in [5.41, 5.74) is 0.196. The number of carboxylic acid groups (broad SMARTS) is 1. The largest absolute Gasteiger partial charge is 0.497 e. The van der Waals surface area contributed by atoms with Gasteiger partial charge in [-0.3, -0.25) is 9.69 Å². The van der Waals surface area contributed by atoms with Crippen LogP contribution in [0.4, 0.5) is 0 Å². The predicted octanol–water partition coefficient (Wildman–Crippen LogP) is 2.89. The van der Waals surface area contributed by atoms with Gasteiger partial charge in [-0.1, -0.05) is 25.3 Å². The van der Waals surface area contributed by atoms with E-state index in [0.29, 0.717) is 12.6 Å². The summed E-state index contributed by atoms with van der Waals surface area (Å²) in [5.74, 6) is 0.791. The van der Waals surface area contributed by atoms with Gasteiger partial charge in [0.2, 0.25) is 0 Å². The summed E-state index contributed by atoms with van der Waals surface area (Å²) in [4.78, 5) is 14.6. The molecule has 0 aromatic heterocycles. The lowest BCUT2D eigenvalue weighted by atomic mass is 9.73. The predicted molar refractivity (Wildman–Crippen MR) is 89.7 cm³/mol. The lowest BCUT2D eigenvalue weighted by Gasteiger charge is -2.36. The maximum Gasteiger partial charge on any atom is 0.315 e. The Morgan fingerprint density at radius 2 is 2.12 bits per heavy atom. The Kier molecular flexibility index (Phi) is 3.91. The quantitative estimate of drug-likeness (QED) is 0.923. The zero-order valence-electron chi connectivity index (χ0n) is 14.2. The number of methoxy groups -OCH3 is 1. The van der Waals surface area contributed by atoms with E-state index in [0.717, 1.165) is 23.6 Å². The van der Waals surface area contributed by atoms with E-state index in [4.69, 9.17) is 9.47 Å². The Bertz CT molecular complexity index is 640. The summed E-state index contributed by atoms with van der Waals surface area (Å²) >= 11 is 0. The number of carboxylic acids is 1. The normalized spacial score (nSPS) is 30.3. The van der Waals surface area contributed by atoms with Crippen molar-refractivity contribution >= 4 is 5.97 Å². The molecule has 0 amide bonds. The van der Waals surface area contributed by atoms with Crippen molar-refractivity contribution in [2.75, 3.05) is 26.8 Å². The van der Waals surface area contributed by atoms with Crippen molar-refractivity contribution < 1.29 is 19.4 Å². The van der Waals surface area contributed by atoms with Gasteiger partial charge in [0, 0.05) is 36.7 Å². The van der Waals surface area contributed by atoms with E-state index in [1.807, 2.05) is 18.2 Å². The number of ether oxygens (including phenoxy) is 2. The Labute approximate surface area is 142 Å². The third-order valence-electron chi connectivity index (χ3n) is 6.17. The average molecular weight is 331 g/mol. The summed E-state index contributed by atoms with van der Waals surface area (Å²) in [6.07, 6.45) is 6.22. The van der Waals surface area contributed by atoms with Gasteiger partial charge in [0.1, 0.15) is 23.5 Å². The standard InChI is InChI=1S/C19H25NO4/c1-23-14-7-8-15-16-10-20(13-5-3-2-4-6-13)11-19(16,18(21)22)12-24-17(15)9-14/h7-9,13,16H,2-6,10-12H2,1H3,(H,21,22)/t16-,19-/m0/s1. The van der Waals surface area contributed by atoms with Crippen LogP contribution in [-0.4, -0.2) is 48.8 Å². The van der Waals surface area contributed by atoms with Gasteiger partial charge in [0.15, 0.2) is 0 Å². The van der Waals surface area contributed by atoms with E-state index >= 15 is 0 Å². The summed E-state index contributed by atoms with van der Waals surface area (Å²) in [5, 5.41) is 10.0. The summed E-state index contributed by atoms with van der Waals surface area (Å²) in [7, 11) is 1.63. The van der Waals surface area contributed by atoms with Gasteiger partial charge >= 0.3 is 5.97 Å². The number of rotatable bonds is 3. The molecule has 1 N–H and O–H groups in total. The topological polar surface area (TPSA) is 59.0 Å². The van der Waals surface area contributed by atoms with Crippen LogP contribution in [0.1, 0.15) is 43.6 Å². The minimum absolute atomic E-state index is 0.00779. The van der Waals surface area contributed by atoms with E-state index in [-0.39, 0.29) is 12.5 Å². The van der Waals surface area contributed by atoms with Crippen LogP contribution in [0.2, 0.25) is 0 Å². The second kappa shape index (κ2) is 5.96. The van der Waals surface area contributed by atoms with Crippen molar-refractivity contribution in [3.63, 3.8) is 0 Å². The van der Waals surface area contributed by atoms with Gasteiger partial charge in [-0.2, -0.15) is 0 Å². The number of nitrogens with zero attached hydrogens (tertiary/aromatic N) is 1. The van der Waals surface area contributed by atoms with Crippen LogP contribution in [0.25, 0.3) is 0 Å². The maximum atomic E-state index is 12.2. The third kappa shape index (κ3) is 2.37. The molecule has 3 aliphatic rings. The van der Waals surface area contributed by atoms with Crippen molar-refractivity contribution in [1.82, 2.24) is 4.90 Å². The van der Waals surface area contributed by atoms with Gasteiger partial charge in [-0.15, -0.1) is 0 Å². The van der Waals surface area contributed by atoms with E-state index in [2.05, 4.69) is 4.90 Å². The van der Waals surface area contributed by atoms with Crippen LogP contribution in [0.15, 0.2) is 18.2 Å². The Hall–Kier alpha value is -1.75. The van der Waals surface area contributed by atoms with Gasteiger partial charge in [0.05, 0.1) is 7.11 Å². The monoisotopic (exact) mass is 331 g/mol. The van der Waals surface area contributed by atoms with Gasteiger partial charge in [-0.05, 0) is 18.9 Å². The fourth-order valence-corrected chi connectivity index (χ4v) is 4.75. The van der Waals surface area contributed by atoms with Crippen molar-refractivity contribution in [3.05, 3.63) is 23.8 Å². The highest BCUT2D eigenvalue weighted by Gasteiger charge is 2.57. The summed E-state index contributed by atoms with van der Waals surface area (Å²) < 4.78 is 11.2. The van der Waals surface area contributed by atoms with E-state index in [1.165, 1.54) is 32.1 Å². The van der Waals surface area contributed by atoms with E-state index in [9.17, 15) is 9.90 Å². The maximum absolute atomic E-state index is 12.2. The first-order valence-corrected chi connectivity index (χ1v) is 8.92. The highest BCUT2D eigenvalue weighted by Crippen LogP contribution is 2.51. The molecule has 1 saturated carbocycles. The molecule has 5 heteroatoms. The molecule has 5 nitrogen and oxygen atoms in total. The molecule has 0 spiro atoms. The van der Waals surface area contributed by atoms with Crippen LogP contribution in [-0.2, 0) is 4.79 Å². The summed E-state index contributed by atoms with van der Waals surface area (Å²) in [6, 6.07) is 6.30. The molecule has 0 radical (unpaired) electrons. The second-order valence-corrected chi connectivity index (χ2v) is 7.43. The van der Waals surface area contributed by atoms with Crippen LogP contribution in [0.3, 0.4) is 0 Å². The molecule has 1 aromatic rings. The highest BCUT2D eigenvalue weighted by molar-refractivity contribution is 5.78. The third-order valence-corrected chi connectivity index (χ3v) is 6.17. The van der Waals surface area contributed by atoms with Gasteiger partial charge in [0.25, 0.3) is 0 Å². The van der Waals surface area contributed by atoms with Crippen molar-refractivity contribution in [3.8, 4) is 11.5 Å². The molecule has 2 aliphatic heterocycles. The van der Waals surface area contributed by atoms with E-state index < -0.39 is 11.4 Å². The lowest BCUT2D eigenvalue weighted by molar-refractivity contribution is -0.152. The average Bonchev–Trinajstić information content (AvgIpc) is 3.03. The fraction of sp³-hybridized carbons (Fsp3) is 0.632. The molecule has 0 unspecified atom stereocenters. The molecule has 4 rings (SSSR count). The van der Waals surface area contributed by atoms with Crippen molar-refractivity contribution in [1.29, 1.82) is 0 Å². The Balaban J connectivity index is 1.67. The molecular formula is C19H25NO4. The number of hydrogen-bond donors (Lipinski definition) is 1. The highest BCUT2D eigenvalue weighted by atomic mass is 16.5. The molecule has 2 heterocycles. The number of carbonyl (C=O) groups is 1. The lowest BCUT2D eigenvalue weighted by Crippen LogP contribution is -2.46. The van der Waals surface area contributed by atoms with Crippen LogP contribution in [0.5, 0.6) is 11.5 Å². The minimum Gasteiger partial charge on any atom is -0.497 e. The van der Waals surface area contributed by atoms with Crippen LogP contribution >= 0.6 is 0 Å². The number of aliphatic carboxylic acids is 1. The molecule has 2 atom stereocenters. The second-order valence-electron chi connectivity index (χ2n) is 7.43. The van der Waals surface area contributed by atoms with Gasteiger partial charge in [-0.25, -0.2) is 0 Å². The van der Waals surface area contributed by atoms with Crippen LogP contribution < -0.4 is 9.47 Å². The molecule has 1 saturated heterocycles. The Morgan fingerprint density at radius 1 is 1.33 bits per heavy atom. The number of likely N-dealkylation sites (tertiary alicyclic amines) is 1.